The van der Waals surface area contributed by atoms with Crippen molar-refractivity contribution in [1.29, 1.82) is 0 Å². The molecule has 0 aromatic heterocycles. The van der Waals surface area contributed by atoms with Crippen molar-refractivity contribution in [3.63, 3.8) is 0 Å². The van der Waals surface area contributed by atoms with Crippen LogP contribution in [0.3, 0.4) is 0 Å². The van der Waals surface area contributed by atoms with Crippen LogP contribution in [0.5, 0.6) is 0 Å². The van der Waals surface area contributed by atoms with Gasteiger partial charge in [0.1, 0.15) is 0 Å². The molecule has 1 aliphatic heterocycles. The maximum absolute atomic E-state index is 12.4. The van der Waals surface area contributed by atoms with Crippen molar-refractivity contribution in [3.05, 3.63) is 35.4 Å². The van der Waals surface area contributed by atoms with Gasteiger partial charge in [-0.15, -0.1) is 0 Å². The fraction of sp³-hybridized carbons (Fsp3) is 0.462. The zero-order valence-corrected chi connectivity index (χ0v) is 10.3. The molecule has 1 unspecified atom stereocenters. The van der Waals surface area contributed by atoms with Gasteiger partial charge < -0.3 is 5.32 Å². The van der Waals surface area contributed by atoms with Crippen LogP contribution in [-0.4, -0.2) is 5.91 Å². The molecule has 2 rings (SSSR count). The quantitative estimate of drug-likeness (QED) is 0.819. The predicted molar refractivity (Wildman–Crippen MR) is 62.9 cm³/mol. The molecule has 0 spiro atoms. The molecule has 5 heteroatoms. The maximum atomic E-state index is 12.4. The summed E-state index contributed by atoms with van der Waals surface area (Å²) < 4.78 is 37.3. The Kier molecular flexibility index (Phi) is 4.76. The summed E-state index contributed by atoms with van der Waals surface area (Å²) in [4.78, 5) is 11.0. The second-order valence-electron chi connectivity index (χ2n) is 3.78. The number of carbonyl (C=O) groups excluding carboxylic acids is 1. The molecule has 1 aromatic carbocycles. The number of hydrogen-bond acceptors (Lipinski definition) is 1. The summed E-state index contributed by atoms with van der Waals surface area (Å²) in [7, 11) is 0. The molecule has 0 saturated carbocycles. The molecule has 1 fully saturated rings. The van der Waals surface area contributed by atoms with Crippen LogP contribution in [0.2, 0.25) is 0 Å². The van der Waals surface area contributed by atoms with E-state index in [-0.39, 0.29) is 11.9 Å². The van der Waals surface area contributed by atoms with Gasteiger partial charge in [0, 0.05) is 6.42 Å². The van der Waals surface area contributed by atoms with Crippen molar-refractivity contribution >= 4 is 5.91 Å². The molecule has 1 aromatic rings. The minimum Gasteiger partial charge on any atom is -0.349 e. The number of carbonyl (C=O) groups is 1. The predicted octanol–water partition coefficient (Wildman–Crippen LogP) is 3.68. The summed E-state index contributed by atoms with van der Waals surface area (Å²) in [5.41, 5.74) is -0.160. The molecular formula is C13H16F3NO. The summed E-state index contributed by atoms with van der Waals surface area (Å²) >= 11 is 0. The Morgan fingerprint density at radius 1 is 1.28 bits per heavy atom. The number of hydrogen-bond donors (Lipinski definition) is 1. The molecule has 0 radical (unpaired) electrons. The van der Waals surface area contributed by atoms with Gasteiger partial charge in [-0.25, -0.2) is 0 Å². The van der Waals surface area contributed by atoms with E-state index >= 15 is 0 Å². The highest BCUT2D eigenvalue weighted by Crippen LogP contribution is 2.32. The van der Waals surface area contributed by atoms with E-state index in [1.807, 2.05) is 13.8 Å². The standard InChI is InChI=1S/C11H10F3NO.C2H6/c12-11(13,14)8-3-1-2-7(6-8)9-4-5-10(16)15-9;1-2/h1-3,6,9H,4-5H2,(H,15,16);1-2H3. The second kappa shape index (κ2) is 5.89. The largest absolute Gasteiger partial charge is 0.416 e. The zero-order valence-electron chi connectivity index (χ0n) is 10.3. The highest BCUT2D eigenvalue weighted by molar-refractivity contribution is 5.78. The third kappa shape index (κ3) is 3.48. The van der Waals surface area contributed by atoms with Crippen molar-refractivity contribution in [2.45, 2.75) is 38.9 Å². The Labute approximate surface area is 104 Å². The lowest BCUT2D eigenvalue weighted by Gasteiger charge is -2.13. The van der Waals surface area contributed by atoms with Gasteiger partial charge in [-0.3, -0.25) is 4.79 Å². The molecule has 1 atom stereocenters. The van der Waals surface area contributed by atoms with Crippen LogP contribution < -0.4 is 5.32 Å². The lowest BCUT2D eigenvalue weighted by atomic mass is 10.0. The van der Waals surface area contributed by atoms with Gasteiger partial charge in [0.05, 0.1) is 11.6 Å². The Morgan fingerprint density at radius 3 is 2.44 bits per heavy atom. The fourth-order valence-electron chi connectivity index (χ4n) is 1.80. The maximum Gasteiger partial charge on any atom is 0.416 e. The zero-order chi connectivity index (χ0) is 13.8. The summed E-state index contributed by atoms with van der Waals surface area (Å²) in [6, 6.07) is 4.81. The van der Waals surface area contributed by atoms with Crippen molar-refractivity contribution in [1.82, 2.24) is 5.32 Å². The van der Waals surface area contributed by atoms with E-state index in [0.29, 0.717) is 18.4 Å². The molecule has 100 valence electrons. The van der Waals surface area contributed by atoms with E-state index in [2.05, 4.69) is 5.32 Å². The van der Waals surface area contributed by atoms with Crippen molar-refractivity contribution < 1.29 is 18.0 Å². The first-order valence-corrected chi connectivity index (χ1v) is 5.93. The van der Waals surface area contributed by atoms with Crippen LogP contribution in [0.4, 0.5) is 13.2 Å². The lowest BCUT2D eigenvalue weighted by Crippen LogP contribution is -2.18. The van der Waals surface area contributed by atoms with E-state index in [4.69, 9.17) is 0 Å². The van der Waals surface area contributed by atoms with Crippen molar-refractivity contribution in [2.75, 3.05) is 0 Å². The Balaban J connectivity index is 0.000000771. The molecule has 1 aliphatic rings. The van der Waals surface area contributed by atoms with Crippen molar-refractivity contribution in [3.8, 4) is 0 Å². The van der Waals surface area contributed by atoms with Gasteiger partial charge >= 0.3 is 6.18 Å². The van der Waals surface area contributed by atoms with Gasteiger partial charge in [-0.1, -0.05) is 26.0 Å². The first-order chi connectivity index (χ1) is 8.47. The highest BCUT2D eigenvalue weighted by atomic mass is 19.4. The molecule has 0 bridgehead atoms. The number of alkyl halides is 3. The van der Waals surface area contributed by atoms with E-state index in [9.17, 15) is 18.0 Å². The number of nitrogens with one attached hydrogen (secondary N) is 1. The number of amides is 1. The van der Waals surface area contributed by atoms with E-state index in [0.717, 1.165) is 12.1 Å². The second-order valence-corrected chi connectivity index (χ2v) is 3.78. The molecule has 1 saturated heterocycles. The van der Waals surface area contributed by atoms with Crippen LogP contribution in [0.1, 0.15) is 43.9 Å². The van der Waals surface area contributed by atoms with E-state index in [1.54, 1.807) is 6.07 Å². The summed E-state index contributed by atoms with van der Waals surface area (Å²) in [6.45, 7) is 4.00. The minimum atomic E-state index is -4.33. The molecule has 1 N–H and O–H groups in total. The number of rotatable bonds is 1. The third-order valence-electron chi connectivity index (χ3n) is 2.61. The Hall–Kier alpha value is -1.52. The average Bonchev–Trinajstić information content (AvgIpc) is 2.78. The monoisotopic (exact) mass is 259 g/mol. The highest BCUT2D eigenvalue weighted by Gasteiger charge is 2.31. The summed E-state index contributed by atoms with van der Waals surface area (Å²) in [6.07, 6.45) is -3.40. The molecule has 1 amide bonds. The fourth-order valence-corrected chi connectivity index (χ4v) is 1.80. The Bertz CT molecular complexity index is 415. The van der Waals surface area contributed by atoms with Crippen LogP contribution in [0, 0.1) is 0 Å². The van der Waals surface area contributed by atoms with Crippen LogP contribution in [-0.2, 0) is 11.0 Å². The van der Waals surface area contributed by atoms with Gasteiger partial charge in [0.15, 0.2) is 0 Å². The minimum absolute atomic E-state index is 0.109. The molecule has 2 nitrogen and oxygen atoms in total. The van der Waals surface area contributed by atoms with Gasteiger partial charge in [0.25, 0.3) is 0 Å². The molecule has 0 aliphatic carbocycles. The van der Waals surface area contributed by atoms with Gasteiger partial charge in [-0.2, -0.15) is 13.2 Å². The molecular weight excluding hydrogens is 243 g/mol. The van der Waals surface area contributed by atoms with Crippen LogP contribution in [0.25, 0.3) is 0 Å². The topological polar surface area (TPSA) is 29.1 Å². The van der Waals surface area contributed by atoms with E-state index < -0.39 is 11.7 Å². The van der Waals surface area contributed by atoms with Gasteiger partial charge in [0.2, 0.25) is 5.91 Å². The first-order valence-electron chi connectivity index (χ1n) is 5.93. The van der Waals surface area contributed by atoms with Gasteiger partial charge in [-0.05, 0) is 24.1 Å². The Morgan fingerprint density at radius 2 is 1.94 bits per heavy atom. The average molecular weight is 259 g/mol. The third-order valence-corrected chi connectivity index (χ3v) is 2.61. The van der Waals surface area contributed by atoms with Crippen LogP contribution in [0.15, 0.2) is 24.3 Å². The first kappa shape index (κ1) is 14.5. The number of benzene rings is 1. The SMILES string of the molecule is CC.O=C1CCC(c2cccc(C(F)(F)F)c2)N1. The smallest absolute Gasteiger partial charge is 0.349 e. The molecule has 1 heterocycles. The van der Waals surface area contributed by atoms with E-state index in [1.165, 1.54) is 6.07 Å². The number of halogens is 3. The summed E-state index contributed by atoms with van der Waals surface area (Å²) in [5.74, 6) is -0.109. The molecule has 18 heavy (non-hydrogen) atoms. The normalized spacial score (nSPS) is 18.9. The summed E-state index contributed by atoms with van der Waals surface area (Å²) in [5, 5.41) is 2.64. The van der Waals surface area contributed by atoms with Crippen molar-refractivity contribution in [2.24, 2.45) is 0 Å². The lowest BCUT2D eigenvalue weighted by molar-refractivity contribution is -0.137. The van der Waals surface area contributed by atoms with Crippen LogP contribution >= 0.6 is 0 Å².